The monoisotopic (exact) mass is 330 g/mol. The second kappa shape index (κ2) is 5.10. The van der Waals surface area contributed by atoms with Crippen LogP contribution in [0, 0.1) is 0 Å². The van der Waals surface area contributed by atoms with Gasteiger partial charge in [-0.25, -0.2) is 4.68 Å². The first-order valence-electron chi connectivity index (χ1n) is 7.86. The highest BCUT2D eigenvalue weighted by molar-refractivity contribution is 6.04. The maximum atomic E-state index is 12.2. The van der Waals surface area contributed by atoms with Crippen molar-refractivity contribution in [1.29, 1.82) is 0 Å². The Morgan fingerprint density at radius 1 is 1.42 bits per heavy atom. The fourth-order valence-corrected chi connectivity index (χ4v) is 2.90. The van der Waals surface area contributed by atoms with Gasteiger partial charge in [0.1, 0.15) is 11.3 Å². The van der Waals surface area contributed by atoms with Gasteiger partial charge in [-0.15, -0.1) is 5.10 Å². The second-order valence-corrected chi connectivity index (χ2v) is 6.17. The molecule has 126 valence electrons. The number of hydrogen-bond acceptors (Lipinski definition) is 6. The zero-order chi connectivity index (χ0) is 16.9. The second-order valence-electron chi connectivity index (χ2n) is 6.17. The Morgan fingerprint density at radius 3 is 2.88 bits per heavy atom. The van der Waals surface area contributed by atoms with E-state index in [1.165, 1.54) is 0 Å². The number of amides is 1. The fourth-order valence-electron chi connectivity index (χ4n) is 2.90. The van der Waals surface area contributed by atoms with E-state index in [4.69, 9.17) is 9.47 Å². The van der Waals surface area contributed by atoms with Crippen LogP contribution in [0.3, 0.4) is 0 Å². The van der Waals surface area contributed by atoms with Gasteiger partial charge in [-0.1, -0.05) is 12.1 Å². The van der Waals surface area contributed by atoms with Gasteiger partial charge in [0.15, 0.2) is 0 Å². The number of fused-ring (bicyclic) bond motifs is 2. The van der Waals surface area contributed by atoms with Gasteiger partial charge in [0.2, 0.25) is 0 Å². The predicted molar refractivity (Wildman–Crippen MR) is 83.4 cm³/mol. The summed E-state index contributed by atoms with van der Waals surface area (Å²) in [5.41, 5.74) is 1.44. The Morgan fingerprint density at radius 2 is 2.17 bits per heavy atom. The van der Waals surface area contributed by atoms with Crippen molar-refractivity contribution in [2.75, 3.05) is 18.5 Å². The molecular weight excluding hydrogens is 312 g/mol. The summed E-state index contributed by atoms with van der Waals surface area (Å²) in [5.74, 6) is -1.69. The maximum Gasteiger partial charge on any atom is 0.289 e. The summed E-state index contributed by atoms with van der Waals surface area (Å²) in [7, 11) is 0. The molecule has 1 aromatic carbocycles. The van der Waals surface area contributed by atoms with Crippen LogP contribution in [-0.4, -0.2) is 39.2 Å². The van der Waals surface area contributed by atoms with Crippen LogP contribution in [0.4, 0.5) is 5.69 Å². The molecule has 2 aromatic rings. The van der Waals surface area contributed by atoms with Crippen molar-refractivity contribution >= 4 is 11.6 Å². The Hall–Kier alpha value is -2.29. The molecule has 3 heterocycles. The lowest BCUT2D eigenvalue weighted by molar-refractivity contribution is -0.178. The van der Waals surface area contributed by atoms with E-state index in [1.807, 2.05) is 13.0 Å². The molecule has 8 nitrogen and oxygen atoms in total. The van der Waals surface area contributed by atoms with Gasteiger partial charge in [-0.3, -0.25) is 4.79 Å². The number of aliphatic hydroxyl groups is 1. The molecule has 1 spiro atoms. The molecule has 8 heteroatoms. The zero-order valence-corrected chi connectivity index (χ0v) is 13.4. The Labute approximate surface area is 138 Å². The van der Waals surface area contributed by atoms with Crippen LogP contribution in [0.1, 0.15) is 31.5 Å². The molecule has 1 saturated heterocycles. The quantitative estimate of drug-likeness (QED) is 0.872. The van der Waals surface area contributed by atoms with Crippen LogP contribution in [0.15, 0.2) is 24.4 Å². The molecule has 0 aliphatic carbocycles. The van der Waals surface area contributed by atoms with Crippen LogP contribution in [0.5, 0.6) is 0 Å². The molecule has 1 fully saturated rings. The molecule has 2 aliphatic rings. The van der Waals surface area contributed by atoms with Crippen LogP contribution in [0.25, 0.3) is 5.69 Å². The average Bonchev–Trinajstić information content (AvgIpc) is 3.30. The number of carbonyl (C=O) groups excluding carboxylic acids is 1. The number of ether oxygens (including phenoxy) is 2. The normalized spacial score (nSPS) is 20.9. The third-order valence-electron chi connectivity index (χ3n) is 4.60. The van der Waals surface area contributed by atoms with Crippen molar-refractivity contribution in [1.82, 2.24) is 15.0 Å². The summed E-state index contributed by atoms with van der Waals surface area (Å²) in [6.07, 6.45) is 2.21. The minimum atomic E-state index is -1.37. The summed E-state index contributed by atoms with van der Waals surface area (Å²) < 4.78 is 12.7. The molecule has 1 atom stereocenters. The van der Waals surface area contributed by atoms with E-state index < -0.39 is 11.4 Å². The lowest BCUT2D eigenvalue weighted by Crippen LogP contribution is -2.35. The van der Waals surface area contributed by atoms with E-state index in [2.05, 4.69) is 15.6 Å². The van der Waals surface area contributed by atoms with Crippen molar-refractivity contribution in [3.63, 3.8) is 0 Å². The zero-order valence-electron chi connectivity index (χ0n) is 13.4. The third kappa shape index (κ3) is 2.07. The summed E-state index contributed by atoms with van der Waals surface area (Å²) in [4.78, 5) is 12.2. The summed E-state index contributed by atoms with van der Waals surface area (Å²) in [6.45, 7) is 4.31. The van der Waals surface area contributed by atoms with Gasteiger partial charge in [-0.2, -0.15) is 0 Å². The van der Waals surface area contributed by atoms with E-state index in [0.717, 1.165) is 0 Å². The predicted octanol–water partition coefficient (Wildman–Crippen LogP) is 1.04. The molecule has 1 aromatic heterocycles. The number of benzene rings is 1. The number of nitrogens with zero attached hydrogens (tertiary/aromatic N) is 3. The van der Waals surface area contributed by atoms with E-state index in [-0.39, 0.29) is 5.91 Å². The highest BCUT2D eigenvalue weighted by Gasteiger charge is 2.52. The SMILES string of the molecule is CCC(C)(O)c1cn(-c2ccc3c(c2)C2(OCCO2)C(=O)N3)nn1. The first-order chi connectivity index (χ1) is 11.5. The molecule has 1 unspecified atom stereocenters. The average molecular weight is 330 g/mol. The van der Waals surface area contributed by atoms with E-state index in [0.29, 0.717) is 42.3 Å². The number of aromatic nitrogens is 3. The van der Waals surface area contributed by atoms with Gasteiger partial charge in [0.05, 0.1) is 30.8 Å². The van der Waals surface area contributed by atoms with E-state index in [1.54, 1.807) is 29.9 Å². The van der Waals surface area contributed by atoms with Crippen LogP contribution in [0.2, 0.25) is 0 Å². The summed E-state index contributed by atoms with van der Waals surface area (Å²) >= 11 is 0. The molecule has 2 N–H and O–H groups in total. The molecular formula is C16H18N4O4. The lowest BCUT2D eigenvalue weighted by atomic mass is 10.0. The highest BCUT2D eigenvalue weighted by Crippen LogP contribution is 2.43. The molecule has 2 aliphatic heterocycles. The third-order valence-corrected chi connectivity index (χ3v) is 4.60. The molecule has 24 heavy (non-hydrogen) atoms. The Balaban J connectivity index is 1.75. The van der Waals surface area contributed by atoms with Crippen molar-refractivity contribution in [3.05, 3.63) is 35.7 Å². The standard InChI is InChI=1S/C16H18N4O4/c1-3-15(2,22)13-9-20(19-18-13)10-4-5-12-11(8-10)16(14(21)17-12)23-6-7-24-16/h4-5,8-9,22H,3,6-7H2,1-2H3,(H,17,21). The summed E-state index contributed by atoms with van der Waals surface area (Å²) in [5, 5.41) is 21.2. The van der Waals surface area contributed by atoms with Crippen molar-refractivity contribution in [2.24, 2.45) is 0 Å². The number of hydrogen-bond donors (Lipinski definition) is 2. The van der Waals surface area contributed by atoms with Gasteiger partial charge in [0.25, 0.3) is 11.7 Å². The minimum absolute atomic E-state index is 0.319. The lowest BCUT2D eigenvalue weighted by Gasteiger charge is -2.19. The molecule has 0 radical (unpaired) electrons. The molecule has 0 saturated carbocycles. The van der Waals surface area contributed by atoms with Gasteiger partial charge >= 0.3 is 0 Å². The topological polar surface area (TPSA) is 98.5 Å². The Bertz CT molecular complexity index is 808. The smallest absolute Gasteiger partial charge is 0.289 e. The first-order valence-corrected chi connectivity index (χ1v) is 7.86. The van der Waals surface area contributed by atoms with Crippen LogP contribution < -0.4 is 5.32 Å². The first kappa shape index (κ1) is 15.3. The maximum absolute atomic E-state index is 12.2. The number of rotatable bonds is 3. The van der Waals surface area contributed by atoms with Crippen molar-refractivity contribution in [3.8, 4) is 5.69 Å². The van der Waals surface area contributed by atoms with Gasteiger partial charge in [-0.05, 0) is 31.5 Å². The summed E-state index contributed by atoms with van der Waals surface area (Å²) in [6, 6.07) is 5.38. The molecule has 1 amide bonds. The largest absolute Gasteiger partial charge is 0.384 e. The Kier molecular flexibility index (Phi) is 3.24. The van der Waals surface area contributed by atoms with Gasteiger partial charge < -0.3 is 19.9 Å². The molecule has 4 rings (SSSR count). The van der Waals surface area contributed by atoms with Crippen molar-refractivity contribution < 1.29 is 19.4 Å². The number of anilines is 1. The molecule has 0 bridgehead atoms. The van der Waals surface area contributed by atoms with Crippen molar-refractivity contribution in [2.45, 2.75) is 31.7 Å². The van der Waals surface area contributed by atoms with Crippen LogP contribution >= 0.6 is 0 Å². The fraction of sp³-hybridized carbons (Fsp3) is 0.438. The highest BCUT2D eigenvalue weighted by atomic mass is 16.7. The van der Waals surface area contributed by atoms with E-state index >= 15 is 0 Å². The number of nitrogens with one attached hydrogen (secondary N) is 1. The minimum Gasteiger partial charge on any atom is -0.384 e. The van der Waals surface area contributed by atoms with Gasteiger partial charge in [0, 0.05) is 5.56 Å². The van der Waals surface area contributed by atoms with Crippen LogP contribution in [-0.2, 0) is 25.7 Å². The number of carbonyl (C=O) groups is 1. The van der Waals surface area contributed by atoms with E-state index in [9.17, 15) is 9.90 Å².